The molecule has 1 aliphatic heterocycles. The number of benzene rings is 2. The van der Waals surface area contributed by atoms with Crippen molar-refractivity contribution < 1.29 is 24.1 Å². The van der Waals surface area contributed by atoms with Gasteiger partial charge in [-0.25, -0.2) is 4.39 Å². The Balaban J connectivity index is 0.000000273. The zero-order chi connectivity index (χ0) is 18.9. The topological polar surface area (TPSA) is 82.3 Å². The fourth-order valence-electron chi connectivity index (χ4n) is 2.46. The number of carbonyl (C=O) groups is 1. The van der Waals surface area contributed by atoms with E-state index < -0.39 is 0 Å². The maximum absolute atomic E-state index is 12.6. The standard InChI is InChI=1S/C10H11FN2O2.C10H14O.H2O/c11-9-3-1-8(2-4-9)10(14)12-13-5-6-15-7-13;1-8(2)9-6-4-5-7-10(9)11-3;/h1-4H,5-7H2,(H,12,14);4-8H,1-3H3;1H2. The number of hydrogen-bond donors (Lipinski definition) is 1. The van der Waals surface area contributed by atoms with E-state index in [4.69, 9.17) is 9.47 Å². The Morgan fingerprint density at radius 3 is 2.37 bits per heavy atom. The Hall–Kier alpha value is -2.48. The summed E-state index contributed by atoms with van der Waals surface area (Å²) in [4.78, 5) is 11.6. The van der Waals surface area contributed by atoms with Gasteiger partial charge in [-0.05, 0) is 41.8 Å². The summed E-state index contributed by atoms with van der Waals surface area (Å²) in [6, 6.07) is 13.5. The quantitative estimate of drug-likeness (QED) is 0.887. The summed E-state index contributed by atoms with van der Waals surface area (Å²) in [5, 5.41) is 1.67. The van der Waals surface area contributed by atoms with Gasteiger partial charge in [0.15, 0.2) is 0 Å². The summed E-state index contributed by atoms with van der Waals surface area (Å²) in [5.41, 5.74) is 4.37. The minimum atomic E-state index is -0.351. The highest BCUT2D eigenvalue weighted by molar-refractivity contribution is 5.93. The molecule has 0 saturated carbocycles. The van der Waals surface area contributed by atoms with Crippen molar-refractivity contribution in [1.82, 2.24) is 10.4 Å². The van der Waals surface area contributed by atoms with E-state index in [1.54, 1.807) is 12.1 Å². The zero-order valence-electron chi connectivity index (χ0n) is 15.9. The van der Waals surface area contributed by atoms with E-state index in [0.717, 1.165) is 5.75 Å². The Kier molecular flexibility index (Phi) is 9.42. The molecule has 0 aromatic heterocycles. The van der Waals surface area contributed by atoms with Gasteiger partial charge in [0.05, 0.1) is 13.7 Å². The molecule has 0 atom stereocenters. The number of carbonyl (C=O) groups excluding carboxylic acids is 1. The van der Waals surface area contributed by atoms with Crippen LogP contribution in [0.25, 0.3) is 0 Å². The first-order valence-electron chi connectivity index (χ1n) is 8.53. The molecule has 1 aliphatic rings. The number of hydrazine groups is 1. The second-order valence-electron chi connectivity index (χ2n) is 6.15. The minimum absolute atomic E-state index is 0. The molecule has 0 bridgehead atoms. The molecular weight excluding hydrogens is 351 g/mol. The van der Waals surface area contributed by atoms with Crippen LogP contribution >= 0.6 is 0 Å². The molecule has 27 heavy (non-hydrogen) atoms. The van der Waals surface area contributed by atoms with Gasteiger partial charge in [-0.1, -0.05) is 32.0 Å². The largest absolute Gasteiger partial charge is 0.496 e. The Morgan fingerprint density at radius 1 is 1.19 bits per heavy atom. The van der Waals surface area contributed by atoms with Crippen LogP contribution in [0.1, 0.15) is 35.7 Å². The first-order valence-corrected chi connectivity index (χ1v) is 8.53. The highest BCUT2D eigenvalue weighted by Crippen LogP contribution is 2.24. The van der Waals surface area contributed by atoms with Crippen LogP contribution in [0.3, 0.4) is 0 Å². The van der Waals surface area contributed by atoms with Crippen molar-refractivity contribution in [1.29, 1.82) is 0 Å². The number of amides is 1. The van der Waals surface area contributed by atoms with Crippen LogP contribution in [0.4, 0.5) is 4.39 Å². The SMILES string of the molecule is COc1ccccc1C(C)C.O.O=C(NN1CCOC1)c1ccc(F)cc1. The maximum atomic E-state index is 12.6. The van der Waals surface area contributed by atoms with E-state index in [1.807, 2.05) is 18.2 Å². The summed E-state index contributed by atoms with van der Waals surface area (Å²) in [6.45, 7) is 6.01. The molecule has 7 heteroatoms. The summed E-state index contributed by atoms with van der Waals surface area (Å²) in [6.07, 6.45) is 0. The fourth-order valence-corrected chi connectivity index (χ4v) is 2.46. The lowest BCUT2D eigenvalue weighted by Crippen LogP contribution is -2.40. The van der Waals surface area contributed by atoms with Gasteiger partial charge < -0.3 is 14.9 Å². The van der Waals surface area contributed by atoms with Crippen LogP contribution in [-0.4, -0.2) is 43.4 Å². The third-order valence-corrected chi connectivity index (χ3v) is 3.88. The van der Waals surface area contributed by atoms with Gasteiger partial charge >= 0.3 is 0 Å². The summed E-state index contributed by atoms with van der Waals surface area (Å²) < 4.78 is 22.9. The molecule has 148 valence electrons. The van der Waals surface area contributed by atoms with Crippen molar-refractivity contribution in [2.45, 2.75) is 19.8 Å². The number of nitrogens with one attached hydrogen (secondary N) is 1. The van der Waals surface area contributed by atoms with Crippen molar-refractivity contribution >= 4 is 5.91 Å². The van der Waals surface area contributed by atoms with Crippen LogP contribution in [-0.2, 0) is 4.74 Å². The number of halogens is 1. The van der Waals surface area contributed by atoms with Gasteiger partial charge in [-0.3, -0.25) is 10.2 Å². The monoisotopic (exact) mass is 378 g/mol. The molecule has 6 nitrogen and oxygen atoms in total. The number of rotatable bonds is 4. The van der Waals surface area contributed by atoms with Crippen molar-refractivity contribution in [2.75, 3.05) is 27.0 Å². The lowest BCUT2D eigenvalue weighted by atomic mass is 10.0. The first-order chi connectivity index (χ1) is 12.5. The lowest BCUT2D eigenvalue weighted by molar-refractivity contribution is 0.0705. The molecule has 3 rings (SSSR count). The van der Waals surface area contributed by atoms with E-state index >= 15 is 0 Å². The van der Waals surface area contributed by atoms with Gasteiger partial charge in [0, 0.05) is 12.1 Å². The Bertz CT molecular complexity index is 701. The smallest absolute Gasteiger partial charge is 0.265 e. The van der Waals surface area contributed by atoms with Gasteiger partial charge in [0.2, 0.25) is 0 Å². The van der Waals surface area contributed by atoms with Crippen LogP contribution < -0.4 is 10.2 Å². The second kappa shape index (κ2) is 11.3. The number of hydrogen-bond acceptors (Lipinski definition) is 4. The molecule has 0 unspecified atom stereocenters. The molecule has 0 spiro atoms. The normalized spacial score (nSPS) is 13.4. The summed E-state index contributed by atoms with van der Waals surface area (Å²) >= 11 is 0. The lowest BCUT2D eigenvalue weighted by Gasteiger charge is -2.14. The summed E-state index contributed by atoms with van der Waals surface area (Å²) in [5.74, 6) is 0.921. The molecule has 1 amide bonds. The molecule has 1 fully saturated rings. The number of nitrogens with zero attached hydrogens (tertiary/aromatic N) is 1. The molecular formula is C20H27FN2O4. The average molecular weight is 378 g/mol. The van der Waals surface area contributed by atoms with Crippen LogP contribution in [0.5, 0.6) is 5.75 Å². The third-order valence-electron chi connectivity index (χ3n) is 3.88. The highest BCUT2D eigenvalue weighted by Gasteiger charge is 2.15. The molecule has 0 aliphatic carbocycles. The van der Waals surface area contributed by atoms with Gasteiger partial charge in [0.25, 0.3) is 5.91 Å². The van der Waals surface area contributed by atoms with Gasteiger partial charge in [-0.2, -0.15) is 5.01 Å². The molecule has 3 N–H and O–H groups in total. The van der Waals surface area contributed by atoms with E-state index in [2.05, 4.69) is 25.3 Å². The van der Waals surface area contributed by atoms with Crippen LogP contribution in [0.2, 0.25) is 0 Å². The molecule has 2 aromatic carbocycles. The zero-order valence-corrected chi connectivity index (χ0v) is 15.9. The van der Waals surface area contributed by atoms with E-state index in [-0.39, 0.29) is 17.2 Å². The molecule has 1 heterocycles. The number of ether oxygens (including phenoxy) is 2. The Labute approximate surface area is 159 Å². The highest BCUT2D eigenvalue weighted by atomic mass is 19.1. The van der Waals surface area contributed by atoms with Crippen LogP contribution in [0.15, 0.2) is 48.5 Å². The molecule has 0 radical (unpaired) electrons. The van der Waals surface area contributed by atoms with E-state index in [1.165, 1.54) is 29.8 Å². The predicted octanol–water partition coefficient (Wildman–Crippen LogP) is 2.75. The number of para-hydroxylation sites is 1. The second-order valence-corrected chi connectivity index (χ2v) is 6.15. The van der Waals surface area contributed by atoms with E-state index in [9.17, 15) is 9.18 Å². The predicted molar refractivity (Wildman–Crippen MR) is 102 cm³/mol. The van der Waals surface area contributed by atoms with Crippen molar-refractivity contribution in [3.63, 3.8) is 0 Å². The van der Waals surface area contributed by atoms with Crippen molar-refractivity contribution in [3.05, 3.63) is 65.5 Å². The molecule has 1 saturated heterocycles. The van der Waals surface area contributed by atoms with Crippen molar-refractivity contribution in [2.24, 2.45) is 0 Å². The van der Waals surface area contributed by atoms with Crippen LogP contribution in [0, 0.1) is 5.82 Å². The van der Waals surface area contributed by atoms with Gasteiger partial charge in [0.1, 0.15) is 18.3 Å². The number of methoxy groups -OCH3 is 1. The fraction of sp³-hybridized carbons (Fsp3) is 0.350. The molecule has 2 aromatic rings. The summed E-state index contributed by atoms with van der Waals surface area (Å²) in [7, 11) is 1.71. The minimum Gasteiger partial charge on any atom is -0.496 e. The maximum Gasteiger partial charge on any atom is 0.265 e. The Morgan fingerprint density at radius 2 is 1.85 bits per heavy atom. The van der Waals surface area contributed by atoms with Crippen molar-refractivity contribution in [3.8, 4) is 5.75 Å². The van der Waals surface area contributed by atoms with E-state index in [0.29, 0.717) is 31.4 Å². The van der Waals surface area contributed by atoms with Gasteiger partial charge in [-0.15, -0.1) is 0 Å². The average Bonchev–Trinajstić information content (AvgIpc) is 3.15. The first kappa shape index (κ1) is 22.6. The third kappa shape index (κ3) is 6.97.